The maximum atomic E-state index is 5.32. The van der Waals surface area contributed by atoms with Crippen LogP contribution >= 0.6 is 0 Å². The van der Waals surface area contributed by atoms with E-state index in [1.165, 1.54) is 38.9 Å². The van der Waals surface area contributed by atoms with Gasteiger partial charge in [0.1, 0.15) is 28.8 Å². The second kappa shape index (κ2) is 13.8. The monoisotopic (exact) mass is 628 g/mol. The van der Waals surface area contributed by atoms with Gasteiger partial charge in [-0.2, -0.15) is 0 Å². The summed E-state index contributed by atoms with van der Waals surface area (Å²) in [6, 6.07) is 16.6. The fraction of sp³-hybridized carbons (Fsp3) is 0.600. The molecule has 0 heterocycles. The minimum atomic E-state index is 0.400. The Labute approximate surface area is 280 Å². The molecule has 0 bridgehead atoms. The minimum Gasteiger partial charge on any atom is -0.363 e. The Morgan fingerprint density at radius 2 is 0.957 bits per heavy atom. The zero-order valence-corrected chi connectivity index (χ0v) is 31.8. The van der Waals surface area contributed by atoms with E-state index in [0.717, 1.165) is 16.7 Å². The number of hydrogen-bond donors (Lipinski definition) is 1. The number of hydrogen-bond acceptors (Lipinski definition) is 5. The molecule has 0 radical (unpaired) electrons. The Morgan fingerprint density at radius 3 is 1.39 bits per heavy atom. The number of rotatable bonds is 14. The van der Waals surface area contributed by atoms with Crippen LogP contribution in [0.5, 0.6) is 0 Å². The predicted octanol–water partition coefficient (Wildman–Crippen LogP) is 9.03. The summed E-state index contributed by atoms with van der Waals surface area (Å²) in [6.07, 6.45) is 0. The number of nitrogens with zero attached hydrogens (tertiary/aromatic N) is 5. The van der Waals surface area contributed by atoms with Gasteiger partial charge in [-0.3, -0.25) is 0 Å². The van der Waals surface area contributed by atoms with Gasteiger partial charge in [-0.25, -0.2) is 9.57 Å². The Balaban J connectivity index is 1.80. The van der Waals surface area contributed by atoms with E-state index in [0.29, 0.717) is 48.3 Å². The quantitative estimate of drug-likeness (QED) is 0.142. The molecular weight excluding hydrogens is 564 g/mol. The van der Waals surface area contributed by atoms with Gasteiger partial charge in [-0.1, -0.05) is 12.1 Å². The van der Waals surface area contributed by atoms with E-state index in [1.54, 1.807) is 0 Å². The molecule has 0 saturated heterocycles. The van der Waals surface area contributed by atoms with Crippen LogP contribution in [0.1, 0.15) is 111 Å². The van der Waals surface area contributed by atoms with Gasteiger partial charge in [0.15, 0.2) is 0 Å². The lowest BCUT2D eigenvalue weighted by atomic mass is 10.1. The first-order valence-corrected chi connectivity index (χ1v) is 17.9. The summed E-state index contributed by atoms with van der Waals surface area (Å²) in [6.45, 7) is 36.6. The lowest BCUT2D eigenvalue weighted by Crippen LogP contribution is -2.41. The molecular formula is C40H63N6+. The molecule has 6 nitrogen and oxygen atoms in total. The van der Waals surface area contributed by atoms with Crippen LogP contribution in [0.3, 0.4) is 0 Å². The van der Waals surface area contributed by atoms with Crippen LogP contribution in [0.15, 0.2) is 41.4 Å². The van der Waals surface area contributed by atoms with Crippen molar-refractivity contribution in [3.63, 3.8) is 0 Å². The first-order valence-electron chi connectivity index (χ1n) is 17.9. The lowest BCUT2D eigenvalue weighted by Gasteiger charge is -2.33. The van der Waals surface area contributed by atoms with Gasteiger partial charge in [0.25, 0.3) is 5.36 Å². The molecule has 0 aliphatic rings. The number of anilines is 5. The standard InChI is InChI=1S/C40H62N6/c1-23(2)43(24(3)4)37-35(38(37)44(25(5)6)26(7)8)41-33-19-17-31-18-20-34(22-32(31)21-33)42-36-39(45(27(9)10)28(11)12)40(36)46(29(13)14)30(15)16/h17-30H,1-16H3/p+1. The van der Waals surface area contributed by atoms with E-state index in [4.69, 9.17) is 4.99 Å². The minimum absolute atomic E-state index is 0.400. The average Bonchev–Trinajstić information content (AvgIpc) is 3.78. The van der Waals surface area contributed by atoms with Crippen LogP contribution in [-0.2, 0) is 0 Å². The molecule has 46 heavy (non-hydrogen) atoms. The summed E-state index contributed by atoms with van der Waals surface area (Å²) in [7, 11) is 0. The van der Waals surface area contributed by atoms with Gasteiger partial charge in [0.2, 0.25) is 0 Å². The fourth-order valence-electron chi connectivity index (χ4n) is 7.65. The van der Waals surface area contributed by atoms with Crippen molar-refractivity contribution in [2.75, 3.05) is 20.0 Å². The third-order valence-corrected chi connectivity index (χ3v) is 9.06. The van der Waals surface area contributed by atoms with Crippen LogP contribution < -0.4 is 35.3 Å². The summed E-state index contributed by atoms with van der Waals surface area (Å²) in [5.74, 6) is 0. The van der Waals surface area contributed by atoms with Gasteiger partial charge >= 0.3 is 0 Å². The smallest absolute Gasteiger partial charge is 0.252 e. The van der Waals surface area contributed by atoms with Crippen molar-refractivity contribution >= 4 is 44.9 Å². The second-order valence-electron chi connectivity index (χ2n) is 15.5. The van der Waals surface area contributed by atoms with E-state index in [9.17, 15) is 0 Å². The lowest BCUT2D eigenvalue weighted by molar-refractivity contribution is 0.429. The van der Waals surface area contributed by atoms with Crippen molar-refractivity contribution in [2.24, 2.45) is 4.99 Å². The van der Waals surface area contributed by atoms with Gasteiger partial charge in [-0.05, 0) is 146 Å². The van der Waals surface area contributed by atoms with Crippen LogP contribution in [-0.4, -0.2) is 48.3 Å². The zero-order valence-electron chi connectivity index (χ0n) is 31.8. The van der Waals surface area contributed by atoms with Crippen LogP contribution in [0, 0.1) is 0 Å². The van der Waals surface area contributed by atoms with E-state index < -0.39 is 0 Å². The number of benzene rings is 2. The highest BCUT2D eigenvalue weighted by molar-refractivity contribution is 5.93. The molecule has 0 saturated carbocycles. The molecule has 0 aromatic heterocycles. The Kier molecular flexibility index (Phi) is 10.7. The first kappa shape index (κ1) is 35.6. The SMILES string of the molecule is CC(C)N(c1c(N(C(C)C)C(C)C)c1=Nc1ccc2ccc(Nc3c(N(C(C)C)C(C)C)c3=[N+](C(C)C)C(C)C)cc2c1)C(C)C. The van der Waals surface area contributed by atoms with Crippen LogP contribution in [0.25, 0.3) is 10.8 Å². The van der Waals surface area contributed by atoms with Crippen LogP contribution in [0.4, 0.5) is 34.1 Å². The molecule has 0 amide bonds. The van der Waals surface area contributed by atoms with Crippen molar-refractivity contribution < 1.29 is 0 Å². The number of fused-ring (bicyclic) bond motifs is 1. The highest BCUT2D eigenvalue weighted by atomic mass is 15.3. The van der Waals surface area contributed by atoms with Crippen LogP contribution in [0.2, 0.25) is 0 Å². The van der Waals surface area contributed by atoms with E-state index in [2.05, 4.69) is 172 Å². The Morgan fingerprint density at radius 1 is 0.522 bits per heavy atom. The molecule has 6 heteroatoms. The molecule has 0 atom stereocenters. The zero-order chi connectivity index (χ0) is 34.4. The molecule has 0 fully saturated rings. The molecule has 252 valence electrons. The Bertz CT molecular complexity index is 1590. The third-order valence-electron chi connectivity index (χ3n) is 9.06. The van der Waals surface area contributed by atoms with Crippen molar-refractivity contribution in [3.8, 4) is 0 Å². The molecule has 0 aliphatic carbocycles. The predicted molar refractivity (Wildman–Crippen MR) is 204 cm³/mol. The van der Waals surface area contributed by atoms with Gasteiger partial charge in [-0.15, -0.1) is 0 Å². The second-order valence-corrected chi connectivity index (χ2v) is 15.5. The molecule has 4 rings (SSSR count). The summed E-state index contributed by atoms with van der Waals surface area (Å²) in [4.78, 5) is 12.9. The highest BCUT2D eigenvalue weighted by Gasteiger charge is 2.38. The normalized spacial score (nSPS) is 12.6. The van der Waals surface area contributed by atoms with Gasteiger partial charge in [0, 0.05) is 41.9 Å². The van der Waals surface area contributed by atoms with Gasteiger partial charge in [0.05, 0.1) is 17.1 Å². The maximum Gasteiger partial charge on any atom is 0.252 e. The highest BCUT2D eigenvalue weighted by Crippen LogP contribution is 2.39. The van der Waals surface area contributed by atoms with E-state index in [1.807, 2.05) is 0 Å². The van der Waals surface area contributed by atoms with E-state index in [-0.39, 0.29) is 0 Å². The summed E-state index contributed by atoms with van der Waals surface area (Å²) in [5, 5.41) is 8.77. The first-order chi connectivity index (χ1) is 21.5. The largest absolute Gasteiger partial charge is 0.363 e. The third kappa shape index (κ3) is 7.16. The molecule has 4 aromatic rings. The van der Waals surface area contributed by atoms with E-state index >= 15 is 0 Å². The number of nitrogens with one attached hydrogen (secondary N) is 1. The topological polar surface area (TPSA) is 37.1 Å². The summed E-state index contributed by atoms with van der Waals surface area (Å²) < 4.78 is 2.55. The van der Waals surface area contributed by atoms with Gasteiger partial charge < -0.3 is 20.0 Å². The molecule has 0 aliphatic heterocycles. The molecule has 0 unspecified atom stereocenters. The Hall–Kier alpha value is -3.28. The maximum absolute atomic E-state index is 5.32. The molecule has 0 spiro atoms. The van der Waals surface area contributed by atoms with Crippen molar-refractivity contribution in [1.29, 1.82) is 0 Å². The van der Waals surface area contributed by atoms with Crippen molar-refractivity contribution in [1.82, 2.24) is 4.58 Å². The average molecular weight is 628 g/mol. The summed E-state index contributed by atoms with van der Waals surface area (Å²) in [5.41, 5.74) is 7.33. The fourth-order valence-corrected chi connectivity index (χ4v) is 7.65. The molecule has 1 N–H and O–H groups in total. The van der Waals surface area contributed by atoms with Crippen molar-refractivity contribution in [2.45, 2.75) is 159 Å². The summed E-state index contributed by atoms with van der Waals surface area (Å²) >= 11 is 0. The molecule has 4 aromatic carbocycles. The van der Waals surface area contributed by atoms with Crippen molar-refractivity contribution in [3.05, 3.63) is 47.1 Å².